The van der Waals surface area contributed by atoms with Gasteiger partial charge in [-0.25, -0.2) is 0 Å². The predicted molar refractivity (Wildman–Crippen MR) is 81.1 cm³/mol. The van der Waals surface area contributed by atoms with E-state index < -0.39 is 0 Å². The topological polar surface area (TPSA) is 21.7 Å². The molecule has 2 aromatic rings. The molecule has 1 heterocycles. The lowest BCUT2D eigenvalue weighted by molar-refractivity contribution is 0.218. The van der Waals surface area contributed by atoms with Crippen LogP contribution >= 0.6 is 0 Å². The summed E-state index contributed by atoms with van der Waals surface area (Å²) < 4.78 is 11.4. The largest absolute Gasteiger partial charge is 0.494 e. The first-order valence-electron chi connectivity index (χ1n) is 7.04. The molecular weight excluding hydrogens is 250 g/mol. The number of para-hydroxylation sites is 2. The minimum Gasteiger partial charge on any atom is -0.494 e. The molecule has 1 unspecified atom stereocenters. The molecule has 0 aliphatic carbocycles. The highest BCUT2D eigenvalue weighted by molar-refractivity contribution is 5.70. The van der Waals surface area contributed by atoms with Crippen molar-refractivity contribution in [1.82, 2.24) is 0 Å². The van der Waals surface area contributed by atoms with Crippen molar-refractivity contribution in [1.29, 1.82) is 0 Å². The second-order valence-corrected chi connectivity index (χ2v) is 4.93. The first-order chi connectivity index (χ1) is 9.78. The monoisotopic (exact) mass is 269 g/mol. The SMILES string of the molecule is CCOc1ccc(N2CC(C)Oc3ccccc32)cc1. The molecule has 3 nitrogen and oxygen atoms in total. The molecule has 0 saturated carbocycles. The van der Waals surface area contributed by atoms with Crippen LogP contribution in [0.5, 0.6) is 11.5 Å². The number of ether oxygens (including phenoxy) is 2. The highest BCUT2D eigenvalue weighted by Gasteiger charge is 2.23. The van der Waals surface area contributed by atoms with Gasteiger partial charge < -0.3 is 14.4 Å². The fraction of sp³-hybridized carbons (Fsp3) is 0.294. The van der Waals surface area contributed by atoms with Crippen LogP contribution in [0.2, 0.25) is 0 Å². The molecule has 3 heteroatoms. The van der Waals surface area contributed by atoms with Crippen molar-refractivity contribution in [2.45, 2.75) is 20.0 Å². The molecule has 0 aromatic heterocycles. The van der Waals surface area contributed by atoms with Crippen molar-refractivity contribution in [3.8, 4) is 11.5 Å². The maximum Gasteiger partial charge on any atom is 0.143 e. The second-order valence-electron chi connectivity index (χ2n) is 4.93. The van der Waals surface area contributed by atoms with E-state index >= 15 is 0 Å². The van der Waals surface area contributed by atoms with Gasteiger partial charge in [0.05, 0.1) is 18.8 Å². The van der Waals surface area contributed by atoms with Crippen LogP contribution in [-0.4, -0.2) is 19.3 Å². The summed E-state index contributed by atoms with van der Waals surface area (Å²) >= 11 is 0. The van der Waals surface area contributed by atoms with E-state index in [0.717, 1.165) is 29.4 Å². The van der Waals surface area contributed by atoms with E-state index in [0.29, 0.717) is 6.61 Å². The van der Waals surface area contributed by atoms with Crippen LogP contribution < -0.4 is 14.4 Å². The summed E-state index contributed by atoms with van der Waals surface area (Å²) in [5, 5.41) is 0. The van der Waals surface area contributed by atoms with Crippen LogP contribution in [0.25, 0.3) is 0 Å². The molecule has 0 amide bonds. The van der Waals surface area contributed by atoms with Crippen LogP contribution in [0.3, 0.4) is 0 Å². The Morgan fingerprint density at radius 1 is 1.15 bits per heavy atom. The highest BCUT2D eigenvalue weighted by atomic mass is 16.5. The molecule has 0 saturated heterocycles. The van der Waals surface area contributed by atoms with Gasteiger partial charge >= 0.3 is 0 Å². The van der Waals surface area contributed by atoms with E-state index in [9.17, 15) is 0 Å². The molecule has 0 N–H and O–H groups in total. The molecule has 2 aromatic carbocycles. The molecule has 1 aliphatic heterocycles. The summed E-state index contributed by atoms with van der Waals surface area (Å²) in [7, 11) is 0. The van der Waals surface area contributed by atoms with E-state index in [1.54, 1.807) is 0 Å². The van der Waals surface area contributed by atoms with Gasteiger partial charge in [-0.2, -0.15) is 0 Å². The van der Waals surface area contributed by atoms with Gasteiger partial charge in [0, 0.05) is 5.69 Å². The molecule has 1 aliphatic rings. The molecular formula is C17H19NO2. The summed E-state index contributed by atoms with van der Waals surface area (Å²) in [6.07, 6.45) is 0.177. The van der Waals surface area contributed by atoms with Crippen molar-refractivity contribution < 1.29 is 9.47 Å². The summed E-state index contributed by atoms with van der Waals surface area (Å²) in [5.74, 6) is 1.85. The highest BCUT2D eigenvalue weighted by Crippen LogP contribution is 2.38. The first-order valence-corrected chi connectivity index (χ1v) is 7.04. The number of nitrogens with zero attached hydrogens (tertiary/aromatic N) is 1. The number of hydrogen-bond donors (Lipinski definition) is 0. The lowest BCUT2D eigenvalue weighted by atomic mass is 10.1. The molecule has 104 valence electrons. The fourth-order valence-electron chi connectivity index (χ4n) is 2.52. The molecule has 20 heavy (non-hydrogen) atoms. The van der Waals surface area contributed by atoms with Gasteiger partial charge in [-0.05, 0) is 50.2 Å². The van der Waals surface area contributed by atoms with Crippen LogP contribution in [-0.2, 0) is 0 Å². The van der Waals surface area contributed by atoms with E-state index in [1.165, 1.54) is 0 Å². The number of rotatable bonds is 3. The third kappa shape index (κ3) is 2.44. The van der Waals surface area contributed by atoms with Gasteiger partial charge in [0.1, 0.15) is 17.6 Å². The molecule has 0 fully saturated rings. The van der Waals surface area contributed by atoms with Crippen LogP contribution in [0.1, 0.15) is 13.8 Å². The van der Waals surface area contributed by atoms with Gasteiger partial charge in [-0.1, -0.05) is 12.1 Å². The van der Waals surface area contributed by atoms with Crippen molar-refractivity contribution in [2.24, 2.45) is 0 Å². The number of hydrogen-bond acceptors (Lipinski definition) is 3. The zero-order chi connectivity index (χ0) is 13.9. The third-order valence-electron chi connectivity index (χ3n) is 3.38. The van der Waals surface area contributed by atoms with Crippen LogP contribution in [0.15, 0.2) is 48.5 Å². The molecule has 0 spiro atoms. The average Bonchev–Trinajstić information content (AvgIpc) is 2.47. The normalized spacial score (nSPS) is 17.3. The molecule has 0 radical (unpaired) electrons. The second kappa shape index (κ2) is 5.45. The molecule has 1 atom stereocenters. The molecule has 3 rings (SSSR count). The Hall–Kier alpha value is -2.16. The smallest absolute Gasteiger partial charge is 0.143 e. The zero-order valence-electron chi connectivity index (χ0n) is 11.9. The van der Waals surface area contributed by atoms with E-state index in [1.807, 2.05) is 37.3 Å². The third-order valence-corrected chi connectivity index (χ3v) is 3.38. The Balaban J connectivity index is 1.93. The van der Waals surface area contributed by atoms with Gasteiger partial charge in [0.15, 0.2) is 0 Å². The summed E-state index contributed by atoms with van der Waals surface area (Å²) in [6.45, 7) is 5.63. The predicted octanol–water partition coefficient (Wildman–Crippen LogP) is 4.00. The van der Waals surface area contributed by atoms with Gasteiger partial charge in [-0.3, -0.25) is 0 Å². The Morgan fingerprint density at radius 2 is 1.90 bits per heavy atom. The standard InChI is InChI=1S/C17H19NO2/c1-3-19-15-10-8-14(9-11-15)18-12-13(2)20-17-7-5-4-6-16(17)18/h4-11,13H,3,12H2,1-2H3. The molecule has 0 bridgehead atoms. The maximum absolute atomic E-state index is 5.88. The van der Waals surface area contributed by atoms with Crippen molar-refractivity contribution in [3.63, 3.8) is 0 Å². The first kappa shape index (κ1) is 12.9. The van der Waals surface area contributed by atoms with Gasteiger partial charge in [-0.15, -0.1) is 0 Å². The Morgan fingerprint density at radius 3 is 2.65 bits per heavy atom. The average molecular weight is 269 g/mol. The fourth-order valence-corrected chi connectivity index (χ4v) is 2.52. The van der Waals surface area contributed by atoms with Crippen molar-refractivity contribution in [2.75, 3.05) is 18.1 Å². The quantitative estimate of drug-likeness (QED) is 0.840. The van der Waals surface area contributed by atoms with E-state index in [-0.39, 0.29) is 6.10 Å². The van der Waals surface area contributed by atoms with Crippen molar-refractivity contribution >= 4 is 11.4 Å². The van der Waals surface area contributed by atoms with Crippen LogP contribution in [0, 0.1) is 0 Å². The lowest BCUT2D eigenvalue weighted by Crippen LogP contribution is -2.35. The minimum atomic E-state index is 0.177. The van der Waals surface area contributed by atoms with Gasteiger partial charge in [0.2, 0.25) is 0 Å². The number of fused-ring (bicyclic) bond motifs is 1. The summed E-state index contributed by atoms with van der Waals surface area (Å²) in [5.41, 5.74) is 2.28. The van der Waals surface area contributed by atoms with Crippen LogP contribution in [0.4, 0.5) is 11.4 Å². The minimum absolute atomic E-state index is 0.177. The Labute approximate surface area is 119 Å². The summed E-state index contributed by atoms with van der Waals surface area (Å²) in [4.78, 5) is 2.29. The maximum atomic E-state index is 5.88. The van der Waals surface area contributed by atoms with Crippen molar-refractivity contribution in [3.05, 3.63) is 48.5 Å². The lowest BCUT2D eigenvalue weighted by Gasteiger charge is -2.35. The number of anilines is 2. The Kier molecular flexibility index (Phi) is 3.50. The Bertz CT molecular complexity index is 580. The van der Waals surface area contributed by atoms with E-state index in [2.05, 4.69) is 30.0 Å². The zero-order valence-corrected chi connectivity index (χ0v) is 11.9. The summed E-state index contributed by atoms with van der Waals surface area (Å²) in [6, 6.07) is 16.4. The van der Waals surface area contributed by atoms with Gasteiger partial charge in [0.25, 0.3) is 0 Å². The number of benzene rings is 2. The van der Waals surface area contributed by atoms with E-state index in [4.69, 9.17) is 9.47 Å².